The largest absolute Gasteiger partial charge is 0.467 e. The first kappa shape index (κ1) is 13.9. The molecule has 2 aromatic rings. The minimum absolute atomic E-state index is 0.574. The number of aromatic nitrogens is 2. The molecular weight excluding hydrogens is 264 g/mol. The molecule has 21 heavy (non-hydrogen) atoms. The first-order valence-electron chi connectivity index (χ1n) is 7.70. The van der Waals surface area contributed by atoms with Gasteiger partial charge in [0.25, 0.3) is 0 Å². The van der Waals surface area contributed by atoms with Gasteiger partial charge in [0.05, 0.1) is 12.8 Å². The van der Waals surface area contributed by atoms with Crippen molar-refractivity contribution in [1.82, 2.24) is 9.97 Å². The molecule has 0 aliphatic heterocycles. The van der Waals surface area contributed by atoms with Gasteiger partial charge in [0.15, 0.2) is 0 Å². The summed E-state index contributed by atoms with van der Waals surface area (Å²) in [7, 11) is 0. The summed E-state index contributed by atoms with van der Waals surface area (Å²) in [5.41, 5.74) is 1.19. The molecule has 0 atom stereocenters. The predicted octanol–water partition coefficient (Wildman–Crippen LogP) is 3.23. The lowest BCUT2D eigenvalue weighted by molar-refractivity contribution is 0.500. The van der Waals surface area contributed by atoms with Crippen LogP contribution in [0.15, 0.2) is 29.1 Å². The molecule has 1 aliphatic carbocycles. The highest BCUT2D eigenvalue weighted by Crippen LogP contribution is 2.35. The second-order valence-corrected chi connectivity index (χ2v) is 5.35. The Morgan fingerprint density at radius 1 is 1.33 bits per heavy atom. The van der Waals surface area contributed by atoms with Gasteiger partial charge in [-0.15, -0.1) is 0 Å². The zero-order chi connectivity index (χ0) is 14.7. The van der Waals surface area contributed by atoms with Crippen LogP contribution in [0.4, 0.5) is 11.6 Å². The Morgan fingerprint density at radius 2 is 2.19 bits per heavy atom. The molecule has 0 unspecified atom stereocenters. The highest BCUT2D eigenvalue weighted by atomic mass is 16.3. The van der Waals surface area contributed by atoms with Gasteiger partial charge < -0.3 is 14.6 Å². The number of nitrogens with zero attached hydrogens (tertiary/aromatic N) is 3. The van der Waals surface area contributed by atoms with Crippen molar-refractivity contribution in [3.63, 3.8) is 0 Å². The summed E-state index contributed by atoms with van der Waals surface area (Å²) in [4.78, 5) is 11.3. The fourth-order valence-corrected chi connectivity index (χ4v) is 2.63. The van der Waals surface area contributed by atoms with E-state index >= 15 is 0 Å². The van der Waals surface area contributed by atoms with Gasteiger partial charge in [0.2, 0.25) is 0 Å². The Bertz CT molecular complexity index is 578. The molecule has 0 spiro atoms. The van der Waals surface area contributed by atoms with Crippen molar-refractivity contribution in [2.75, 3.05) is 16.8 Å². The van der Waals surface area contributed by atoms with Crippen molar-refractivity contribution in [3.8, 4) is 0 Å². The van der Waals surface area contributed by atoms with Crippen LogP contribution in [0.25, 0.3) is 0 Å². The molecule has 2 heterocycles. The van der Waals surface area contributed by atoms with Crippen molar-refractivity contribution in [2.24, 2.45) is 0 Å². The molecule has 5 heteroatoms. The molecule has 0 bridgehead atoms. The summed E-state index contributed by atoms with van der Waals surface area (Å²) in [6.45, 7) is 5.88. The Labute approximate surface area is 125 Å². The van der Waals surface area contributed by atoms with E-state index in [1.54, 1.807) is 12.6 Å². The lowest BCUT2D eigenvalue weighted by Gasteiger charge is -2.25. The molecule has 0 amide bonds. The highest BCUT2D eigenvalue weighted by molar-refractivity contribution is 5.59. The molecule has 1 fully saturated rings. The van der Waals surface area contributed by atoms with E-state index in [2.05, 4.69) is 34.0 Å². The van der Waals surface area contributed by atoms with Crippen LogP contribution in [0, 0.1) is 0 Å². The first-order chi connectivity index (χ1) is 10.3. The normalized spacial score (nSPS) is 14.2. The monoisotopic (exact) mass is 286 g/mol. The molecule has 2 aromatic heterocycles. The zero-order valence-corrected chi connectivity index (χ0v) is 12.7. The summed E-state index contributed by atoms with van der Waals surface area (Å²) < 4.78 is 5.51. The van der Waals surface area contributed by atoms with Gasteiger partial charge in [-0.3, -0.25) is 0 Å². The van der Waals surface area contributed by atoms with Crippen molar-refractivity contribution in [3.05, 3.63) is 36.0 Å². The maximum atomic E-state index is 5.51. The van der Waals surface area contributed by atoms with E-state index in [-0.39, 0.29) is 0 Å². The number of rotatable bonds is 7. The van der Waals surface area contributed by atoms with Crippen LogP contribution in [0.5, 0.6) is 0 Å². The van der Waals surface area contributed by atoms with Crippen molar-refractivity contribution in [2.45, 2.75) is 45.7 Å². The summed E-state index contributed by atoms with van der Waals surface area (Å²) in [6.07, 6.45) is 6.75. The molecule has 112 valence electrons. The third kappa shape index (κ3) is 3.01. The summed E-state index contributed by atoms with van der Waals surface area (Å²) in [6, 6.07) is 4.53. The number of nitrogens with one attached hydrogen (secondary N) is 1. The molecule has 3 rings (SSSR count). The van der Waals surface area contributed by atoms with Gasteiger partial charge >= 0.3 is 0 Å². The number of hydrogen-bond acceptors (Lipinski definition) is 5. The predicted molar refractivity (Wildman–Crippen MR) is 83.5 cm³/mol. The summed E-state index contributed by atoms with van der Waals surface area (Å²) >= 11 is 0. The third-order valence-corrected chi connectivity index (χ3v) is 3.79. The van der Waals surface area contributed by atoms with E-state index in [1.807, 2.05) is 12.1 Å². The number of hydrogen-bond donors (Lipinski definition) is 1. The highest BCUT2D eigenvalue weighted by Gasteiger charge is 2.32. The Kier molecular flexibility index (Phi) is 4.08. The van der Waals surface area contributed by atoms with E-state index in [0.717, 1.165) is 36.9 Å². The lowest BCUT2D eigenvalue weighted by Crippen LogP contribution is -2.27. The van der Waals surface area contributed by atoms with E-state index in [9.17, 15) is 0 Å². The van der Waals surface area contributed by atoms with E-state index in [1.165, 1.54) is 18.4 Å². The molecular formula is C16H22N4O. The molecule has 0 radical (unpaired) electrons. The van der Waals surface area contributed by atoms with E-state index in [4.69, 9.17) is 4.42 Å². The minimum Gasteiger partial charge on any atom is -0.467 e. The lowest BCUT2D eigenvalue weighted by atomic mass is 10.2. The minimum atomic E-state index is 0.574. The van der Waals surface area contributed by atoms with Gasteiger partial charge in [0.1, 0.15) is 23.7 Å². The van der Waals surface area contributed by atoms with Gasteiger partial charge in [-0.05, 0) is 38.3 Å². The molecule has 1 aliphatic rings. The maximum Gasteiger partial charge on any atom is 0.137 e. The zero-order valence-electron chi connectivity index (χ0n) is 12.7. The van der Waals surface area contributed by atoms with Crippen LogP contribution >= 0.6 is 0 Å². The van der Waals surface area contributed by atoms with Gasteiger partial charge in [0, 0.05) is 18.2 Å². The molecule has 1 N–H and O–H groups in total. The second kappa shape index (κ2) is 6.16. The second-order valence-electron chi connectivity index (χ2n) is 5.35. The van der Waals surface area contributed by atoms with Crippen LogP contribution in [-0.2, 0) is 13.0 Å². The fourth-order valence-electron chi connectivity index (χ4n) is 2.63. The third-order valence-electron chi connectivity index (χ3n) is 3.79. The standard InChI is InChI=1S/C16H22N4O/c1-3-14-15(17-4-2)18-11-19-16(14)20(12-7-8-12)10-13-6-5-9-21-13/h5-6,9,11-12H,3-4,7-8,10H2,1-2H3,(H,17,18,19). The van der Waals surface area contributed by atoms with Gasteiger partial charge in [-0.2, -0.15) is 0 Å². The molecule has 1 saturated carbocycles. The summed E-state index contributed by atoms with van der Waals surface area (Å²) in [5.74, 6) is 2.98. The average Bonchev–Trinajstić information content (AvgIpc) is 3.21. The van der Waals surface area contributed by atoms with Crippen molar-refractivity contribution >= 4 is 11.6 Å². The molecule has 5 nitrogen and oxygen atoms in total. The number of furan rings is 1. The average molecular weight is 286 g/mol. The Morgan fingerprint density at radius 3 is 2.81 bits per heavy atom. The van der Waals surface area contributed by atoms with Crippen molar-refractivity contribution < 1.29 is 4.42 Å². The molecule has 0 saturated heterocycles. The van der Waals surface area contributed by atoms with Crippen LogP contribution in [0.2, 0.25) is 0 Å². The number of anilines is 2. The van der Waals surface area contributed by atoms with E-state index < -0.39 is 0 Å². The van der Waals surface area contributed by atoms with Crippen LogP contribution in [0.3, 0.4) is 0 Å². The Balaban J connectivity index is 1.93. The van der Waals surface area contributed by atoms with Crippen LogP contribution < -0.4 is 10.2 Å². The fraction of sp³-hybridized carbons (Fsp3) is 0.500. The van der Waals surface area contributed by atoms with Gasteiger partial charge in [-0.25, -0.2) is 9.97 Å². The topological polar surface area (TPSA) is 54.2 Å². The maximum absolute atomic E-state index is 5.51. The van der Waals surface area contributed by atoms with E-state index in [0.29, 0.717) is 6.04 Å². The first-order valence-corrected chi connectivity index (χ1v) is 7.70. The molecule has 0 aromatic carbocycles. The van der Waals surface area contributed by atoms with Crippen LogP contribution in [-0.4, -0.2) is 22.6 Å². The van der Waals surface area contributed by atoms with Crippen LogP contribution in [0.1, 0.15) is 38.0 Å². The summed E-state index contributed by atoms with van der Waals surface area (Å²) in [5, 5.41) is 3.34. The van der Waals surface area contributed by atoms with Crippen molar-refractivity contribution in [1.29, 1.82) is 0 Å². The SMILES string of the molecule is CCNc1ncnc(N(Cc2ccco2)C2CC2)c1CC. The smallest absolute Gasteiger partial charge is 0.137 e. The Hall–Kier alpha value is -2.04. The quantitative estimate of drug-likeness (QED) is 0.847. The van der Waals surface area contributed by atoms with Gasteiger partial charge in [-0.1, -0.05) is 6.92 Å².